The van der Waals surface area contributed by atoms with Gasteiger partial charge in [-0.2, -0.15) is 9.78 Å². The molecule has 4 atom stereocenters. The molecule has 1 aliphatic heterocycles. The van der Waals surface area contributed by atoms with E-state index in [4.69, 9.17) is 14.6 Å². The van der Waals surface area contributed by atoms with E-state index >= 15 is 0 Å². The van der Waals surface area contributed by atoms with Crippen molar-refractivity contribution in [3.63, 3.8) is 0 Å². The summed E-state index contributed by atoms with van der Waals surface area (Å²) >= 11 is 0. The number of methoxy groups -OCH3 is 1. The summed E-state index contributed by atoms with van der Waals surface area (Å²) in [5, 5.41) is 32.7. The lowest BCUT2D eigenvalue weighted by Crippen LogP contribution is -2.45. The van der Waals surface area contributed by atoms with E-state index in [2.05, 4.69) is 5.10 Å². The maximum atomic E-state index is 12.6. The Labute approximate surface area is 158 Å². The summed E-state index contributed by atoms with van der Waals surface area (Å²) in [6.07, 6.45) is -4.72. The Morgan fingerprint density at radius 1 is 1.21 bits per heavy atom. The number of rotatable bonds is 6. The Balaban J connectivity index is 1.90. The van der Waals surface area contributed by atoms with E-state index in [1.165, 1.54) is 19.2 Å². The number of ketones is 1. The minimum atomic E-state index is -1.55. The van der Waals surface area contributed by atoms with Crippen molar-refractivity contribution in [3.05, 3.63) is 56.9 Å². The van der Waals surface area contributed by atoms with Crippen LogP contribution in [-0.2, 0) is 11.3 Å². The second kappa shape index (κ2) is 8.02. The minimum Gasteiger partial charge on any atom is -0.497 e. The molecule has 0 saturated carbocycles. The van der Waals surface area contributed by atoms with Crippen LogP contribution in [0, 0.1) is 0 Å². The number of nitrogens with zero attached hydrogens (tertiary/aromatic N) is 3. The predicted octanol–water partition coefficient (Wildman–Crippen LogP) is -2.09. The van der Waals surface area contributed by atoms with E-state index in [9.17, 15) is 24.6 Å². The summed E-state index contributed by atoms with van der Waals surface area (Å²) < 4.78 is 11.6. The molecule has 11 nitrogen and oxygen atoms in total. The van der Waals surface area contributed by atoms with Gasteiger partial charge in [0.2, 0.25) is 0 Å². The lowest BCUT2D eigenvalue weighted by atomic mass is 10.1. The molecule has 1 aliphatic rings. The largest absolute Gasteiger partial charge is 0.497 e. The number of aliphatic hydroxyl groups is 3. The molecule has 0 spiro atoms. The van der Waals surface area contributed by atoms with Crippen molar-refractivity contribution in [2.75, 3.05) is 13.7 Å². The van der Waals surface area contributed by atoms with Crippen LogP contribution in [-0.4, -0.2) is 67.5 Å². The normalized spacial score (nSPS) is 24.3. The average Bonchev–Trinajstić information content (AvgIpc) is 2.99. The number of aromatic nitrogens is 3. The number of benzene rings is 1. The second-order valence-electron chi connectivity index (χ2n) is 6.18. The smallest absolute Gasteiger partial charge is 0.350 e. The Kier molecular flexibility index (Phi) is 5.70. The summed E-state index contributed by atoms with van der Waals surface area (Å²) in [5.41, 5.74) is -1.54. The molecule has 3 N–H and O–H groups in total. The molecule has 150 valence electrons. The second-order valence-corrected chi connectivity index (χ2v) is 6.18. The Morgan fingerprint density at radius 2 is 1.89 bits per heavy atom. The molecule has 1 fully saturated rings. The zero-order chi connectivity index (χ0) is 20.4. The number of hydrogen-bond acceptors (Lipinski definition) is 9. The average molecular weight is 393 g/mol. The zero-order valence-electron chi connectivity index (χ0n) is 14.8. The predicted molar refractivity (Wildman–Crippen MR) is 93.1 cm³/mol. The molecule has 0 amide bonds. The standard InChI is InChI=1S/C17H19N3O8/c1-27-10-4-2-9(3-5-10)11(22)7-19-13(23)6-18-20(17(19)26)16-15(25)14(24)12(8-21)28-16/h2-6,12,14-16,21,24-25H,7-8H2,1H3/t12-,14-,15-,16-/m1/s1. The van der Waals surface area contributed by atoms with Crippen LogP contribution in [0.15, 0.2) is 40.1 Å². The number of aliphatic hydroxyl groups excluding tert-OH is 3. The van der Waals surface area contributed by atoms with Crippen LogP contribution in [0.1, 0.15) is 16.6 Å². The number of Topliss-reactive ketones (excluding diaryl/α,β-unsaturated/α-hetero) is 1. The number of carbonyl (C=O) groups is 1. The van der Waals surface area contributed by atoms with Gasteiger partial charge < -0.3 is 24.8 Å². The van der Waals surface area contributed by atoms with Crippen LogP contribution >= 0.6 is 0 Å². The van der Waals surface area contributed by atoms with E-state index in [0.717, 1.165) is 6.20 Å². The van der Waals surface area contributed by atoms with Gasteiger partial charge in [-0.3, -0.25) is 9.59 Å². The highest BCUT2D eigenvalue weighted by molar-refractivity contribution is 5.95. The van der Waals surface area contributed by atoms with E-state index in [0.29, 0.717) is 15.0 Å². The van der Waals surface area contributed by atoms with Crippen LogP contribution in [0.5, 0.6) is 5.75 Å². The van der Waals surface area contributed by atoms with Crippen LogP contribution < -0.4 is 16.0 Å². The van der Waals surface area contributed by atoms with Crippen molar-refractivity contribution >= 4 is 5.78 Å². The van der Waals surface area contributed by atoms with Gasteiger partial charge >= 0.3 is 5.69 Å². The quantitative estimate of drug-likeness (QED) is 0.469. The van der Waals surface area contributed by atoms with Gasteiger partial charge in [0.05, 0.1) is 20.3 Å². The first-order valence-corrected chi connectivity index (χ1v) is 8.35. The molecular formula is C17H19N3O8. The van der Waals surface area contributed by atoms with Crippen LogP contribution in [0.2, 0.25) is 0 Å². The summed E-state index contributed by atoms with van der Waals surface area (Å²) in [5.74, 6) is 0.0464. The maximum Gasteiger partial charge on any atom is 0.350 e. The molecule has 0 aliphatic carbocycles. The van der Waals surface area contributed by atoms with Gasteiger partial charge in [-0.15, -0.1) is 0 Å². The van der Waals surface area contributed by atoms with Gasteiger partial charge in [-0.1, -0.05) is 0 Å². The number of hydrogen-bond donors (Lipinski definition) is 3. The van der Waals surface area contributed by atoms with Gasteiger partial charge in [-0.05, 0) is 24.3 Å². The molecule has 0 radical (unpaired) electrons. The van der Waals surface area contributed by atoms with E-state index < -0.39 is 54.7 Å². The van der Waals surface area contributed by atoms with Crippen LogP contribution in [0.3, 0.4) is 0 Å². The fourth-order valence-corrected chi connectivity index (χ4v) is 2.86. The summed E-state index contributed by atoms with van der Waals surface area (Å²) in [4.78, 5) is 37.2. The van der Waals surface area contributed by atoms with Crippen molar-refractivity contribution in [3.8, 4) is 5.75 Å². The Hall–Kier alpha value is -2.86. The van der Waals surface area contributed by atoms with E-state index in [-0.39, 0.29) is 5.56 Å². The Bertz CT molecular complexity index is 968. The number of carbonyl (C=O) groups excluding carboxylic acids is 1. The zero-order valence-corrected chi connectivity index (χ0v) is 14.8. The van der Waals surface area contributed by atoms with Crippen molar-refractivity contribution in [2.24, 2.45) is 0 Å². The topological polar surface area (TPSA) is 153 Å². The highest BCUT2D eigenvalue weighted by atomic mass is 16.6. The molecule has 2 aromatic rings. The third kappa shape index (κ3) is 3.60. The monoisotopic (exact) mass is 393 g/mol. The first-order valence-electron chi connectivity index (χ1n) is 8.35. The molecule has 1 aromatic carbocycles. The molecule has 1 saturated heterocycles. The van der Waals surface area contributed by atoms with Crippen LogP contribution in [0.4, 0.5) is 0 Å². The third-order valence-electron chi connectivity index (χ3n) is 4.46. The van der Waals surface area contributed by atoms with Crippen molar-refractivity contribution in [1.82, 2.24) is 14.3 Å². The lowest BCUT2D eigenvalue weighted by molar-refractivity contribution is -0.0624. The molecule has 2 heterocycles. The van der Waals surface area contributed by atoms with Crippen molar-refractivity contribution in [2.45, 2.75) is 31.1 Å². The molecular weight excluding hydrogens is 374 g/mol. The number of ether oxygens (including phenoxy) is 2. The van der Waals surface area contributed by atoms with Crippen LogP contribution in [0.25, 0.3) is 0 Å². The summed E-state index contributed by atoms with van der Waals surface area (Å²) in [6, 6.07) is 6.13. The molecule has 3 rings (SSSR count). The van der Waals surface area contributed by atoms with Gasteiger partial charge in [0.1, 0.15) is 30.3 Å². The maximum absolute atomic E-state index is 12.6. The molecule has 0 bridgehead atoms. The SMILES string of the molecule is COc1ccc(C(=O)Cn2c(=O)cnn([C@@H]3O[C@H](CO)[C@@H](O)[C@H]3O)c2=O)cc1. The first kappa shape index (κ1) is 19.9. The van der Waals surface area contributed by atoms with Gasteiger partial charge in [0, 0.05) is 5.56 Å². The lowest BCUT2D eigenvalue weighted by Gasteiger charge is -2.17. The first-order chi connectivity index (χ1) is 13.4. The van der Waals surface area contributed by atoms with Crippen molar-refractivity contribution < 1.29 is 29.6 Å². The van der Waals surface area contributed by atoms with Gasteiger partial charge in [0.15, 0.2) is 12.0 Å². The Morgan fingerprint density at radius 3 is 2.46 bits per heavy atom. The molecule has 0 unspecified atom stereocenters. The van der Waals surface area contributed by atoms with E-state index in [1.54, 1.807) is 12.1 Å². The highest BCUT2D eigenvalue weighted by Gasteiger charge is 2.44. The van der Waals surface area contributed by atoms with Crippen molar-refractivity contribution in [1.29, 1.82) is 0 Å². The fraction of sp³-hybridized carbons (Fsp3) is 0.412. The third-order valence-corrected chi connectivity index (χ3v) is 4.46. The molecule has 11 heteroatoms. The molecule has 1 aromatic heterocycles. The fourth-order valence-electron chi connectivity index (χ4n) is 2.86. The highest BCUT2D eigenvalue weighted by Crippen LogP contribution is 2.27. The van der Waals surface area contributed by atoms with E-state index in [1.807, 2.05) is 0 Å². The summed E-state index contributed by atoms with van der Waals surface area (Å²) in [7, 11) is 1.48. The molecule has 28 heavy (non-hydrogen) atoms. The van der Waals surface area contributed by atoms with Gasteiger partial charge in [0.25, 0.3) is 5.56 Å². The minimum absolute atomic E-state index is 0.267. The van der Waals surface area contributed by atoms with Gasteiger partial charge in [-0.25, -0.2) is 9.36 Å². The summed E-state index contributed by atoms with van der Waals surface area (Å²) in [6.45, 7) is -1.14.